The maximum absolute atomic E-state index is 2.29. The predicted octanol–water partition coefficient (Wildman–Crippen LogP) is 9.35. The van der Waals surface area contributed by atoms with Crippen LogP contribution in [0.5, 0.6) is 0 Å². The molecule has 0 aliphatic heterocycles. The summed E-state index contributed by atoms with van der Waals surface area (Å²) in [6.45, 7) is 0. The van der Waals surface area contributed by atoms with E-state index in [1.165, 1.54) is 44.2 Å². The van der Waals surface area contributed by atoms with Crippen molar-refractivity contribution >= 4 is 47.2 Å². The molecule has 0 nitrogen and oxygen atoms in total. The molecule has 5 rings (SSSR count). The molecule has 0 saturated carbocycles. The molecule has 0 aliphatic rings. The van der Waals surface area contributed by atoms with Crippen LogP contribution < -0.4 is 0 Å². The fourth-order valence-corrected chi connectivity index (χ4v) is 4.00. The van der Waals surface area contributed by atoms with E-state index in [4.69, 9.17) is 0 Å². The molecule has 0 aromatic heterocycles. The van der Waals surface area contributed by atoms with Crippen molar-refractivity contribution in [3.8, 4) is 0 Å². The summed E-state index contributed by atoms with van der Waals surface area (Å²) in [5.41, 5.74) is 7.20. The van der Waals surface area contributed by atoms with Crippen LogP contribution in [0.15, 0.2) is 121 Å². The van der Waals surface area contributed by atoms with E-state index in [1.807, 2.05) is 18.2 Å². The van der Waals surface area contributed by atoms with Crippen LogP contribution in [0.3, 0.4) is 0 Å². The molecule has 0 bridgehead atoms. The maximum Gasteiger partial charge on any atom is -0.0172 e. The molecule has 0 saturated heterocycles. The molecular weight excluding hydrogens is 408 g/mol. The maximum atomic E-state index is 2.29. The van der Waals surface area contributed by atoms with Gasteiger partial charge in [-0.25, -0.2) is 0 Å². The summed E-state index contributed by atoms with van der Waals surface area (Å²) in [6, 6.07) is 42.5. The first-order valence-electron chi connectivity index (χ1n) is 11.6. The van der Waals surface area contributed by atoms with E-state index >= 15 is 0 Å². The first-order valence-corrected chi connectivity index (χ1v) is 11.6. The number of rotatable bonds is 6. The van der Waals surface area contributed by atoms with Crippen LogP contribution in [0.25, 0.3) is 47.2 Å². The van der Waals surface area contributed by atoms with Crippen LogP contribution in [0, 0.1) is 0 Å². The van der Waals surface area contributed by atoms with Gasteiger partial charge in [-0.1, -0.05) is 140 Å². The van der Waals surface area contributed by atoms with E-state index in [2.05, 4.69) is 140 Å². The highest BCUT2D eigenvalue weighted by Crippen LogP contribution is 2.26. The van der Waals surface area contributed by atoms with E-state index in [-0.39, 0.29) is 0 Å². The summed E-state index contributed by atoms with van der Waals surface area (Å²) in [5.74, 6) is 0. The van der Waals surface area contributed by atoms with Gasteiger partial charge >= 0.3 is 0 Å². The lowest BCUT2D eigenvalue weighted by atomic mass is 9.97. The first-order chi connectivity index (χ1) is 16.8. The van der Waals surface area contributed by atoms with Gasteiger partial charge in [0, 0.05) is 0 Å². The summed E-state index contributed by atoms with van der Waals surface area (Å²) in [5, 5.41) is 2.47. The zero-order chi connectivity index (χ0) is 23.0. The summed E-state index contributed by atoms with van der Waals surface area (Å²) in [6.07, 6.45) is 13.1. The third-order valence-electron chi connectivity index (χ3n) is 5.84. The highest BCUT2D eigenvalue weighted by molar-refractivity contribution is 5.93. The zero-order valence-corrected chi connectivity index (χ0v) is 19.0. The lowest BCUT2D eigenvalue weighted by Gasteiger charge is -2.07. The lowest BCUT2D eigenvalue weighted by Crippen LogP contribution is -1.85. The largest absolute Gasteiger partial charge is 0.0622 e. The smallest absolute Gasteiger partial charge is 0.0172 e. The lowest BCUT2D eigenvalue weighted by molar-refractivity contribution is 1.63. The van der Waals surface area contributed by atoms with E-state index in [0.29, 0.717) is 0 Å². The molecule has 5 aromatic carbocycles. The Labute approximate surface area is 201 Å². The quantitative estimate of drug-likeness (QED) is 0.234. The Morgan fingerprint density at radius 1 is 0.294 bits per heavy atom. The molecule has 0 fully saturated rings. The summed E-state index contributed by atoms with van der Waals surface area (Å²) in [4.78, 5) is 0. The topological polar surface area (TPSA) is 0 Å². The van der Waals surface area contributed by atoms with Crippen LogP contribution >= 0.6 is 0 Å². The number of hydrogen-bond donors (Lipinski definition) is 0. The van der Waals surface area contributed by atoms with Gasteiger partial charge in [-0.3, -0.25) is 0 Å². The molecule has 162 valence electrons. The number of fused-ring (bicyclic) bond motifs is 1. The SMILES string of the molecule is C(=C\c1ccc2cc(/C=C/c3ccccc3)c(/C=C/c3ccccc3)cc2c1)/c1ccccc1. The third-order valence-corrected chi connectivity index (χ3v) is 5.84. The Morgan fingerprint density at radius 2 is 0.706 bits per heavy atom. The van der Waals surface area contributed by atoms with Crippen LogP contribution in [0.2, 0.25) is 0 Å². The second-order valence-electron chi connectivity index (χ2n) is 8.32. The fourth-order valence-electron chi connectivity index (χ4n) is 4.00. The van der Waals surface area contributed by atoms with Crippen LogP contribution in [-0.4, -0.2) is 0 Å². The normalized spacial score (nSPS) is 11.8. The summed E-state index contributed by atoms with van der Waals surface area (Å²) in [7, 11) is 0. The van der Waals surface area contributed by atoms with Crippen LogP contribution in [0.4, 0.5) is 0 Å². The summed E-state index contributed by atoms with van der Waals surface area (Å²) < 4.78 is 0. The average Bonchev–Trinajstić information content (AvgIpc) is 2.91. The predicted molar refractivity (Wildman–Crippen MR) is 150 cm³/mol. The third kappa shape index (κ3) is 5.49. The molecule has 34 heavy (non-hydrogen) atoms. The van der Waals surface area contributed by atoms with Gasteiger partial charge in [0.05, 0.1) is 0 Å². The second kappa shape index (κ2) is 10.5. The molecule has 5 aromatic rings. The minimum Gasteiger partial charge on any atom is -0.0622 e. The molecule has 0 radical (unpaired) electrons. The fraction of sp³-hybridized carbons (Fsp3) is 0. The van der Waals surface area contributed by atoms with Gasteiger partial charge in [0.15, 0.2) is 0 Å². The standard InChI is InChI=1S/C34H26/c1-4-10-27(11-5-1)16-17-30-20-23-33-25-31(21-18-28-12-6-2-7-13-28)32(26-34(33)24-30)22-19-29-14-8-3-9-15-29/h1-26H/b17-16+,21-18+,22-19+. The van der Waals surface area contributed by atoms with Crippen molar-refractivity contribution in [1.82, 2.24) is 0 Å². The molecule has 0 heteroatoms. The minimum atomic E-state index is 1.19. The number of hydrogen-bond acceptors (Lipinski definition) is 0. The van der Waals surface area contributed by atoms with Crippen molar-refractivity contribution in [2.24, 2.45) is 0 Å². The molecule has 0 atom stereocenters. The Hall–Kier alpha value is -4.42. The first kappa shape index (κ1) is 21.4. The Kier molecular flexibility index (Phi) is 6.59. The highest BCUT2D eigenvalue weighted by Gasteiger charge is 2.03. The van der Waals surface area contributed by atoms with E-state index in [9.17, 15) is 0 Å². The molecule has 0 N–H and O–H groups in total. The van der Waals surface area contributed by atoms with Crippen molar-refractivity contribution in [2.75, 3.05) is 0 Å². The Bertz CT molecular complexity index is 1450. The molecule has 0 amide bonds. The monoisotopic (exact) mass is 434 g/mol. The van der Waals surface area contributed by atoms with Crippen molar-refractivity contribution in [3.63, 3.8) is 0 Å². The second-order valence-corrected chi connectivity index (χ2v) is 8.32. The van der Waals surface area contributed by atoms with Crippen molar-refractivity contribution in [2.45, 2.75) is 0 Å². The molecule has 0 spiro atoms. The van der Waals surface area contributed by atoms with E-state index < -0.39 is 0 Å². The Balaban J connectivity index is 1.53. The molecule has 0 aliphatic carbocycles. The van der Waals surface area contributed by atoms with Gasteiger partial charge in [-0.2, -0.15) is 0 Å². The zero-order valence-electron chi connectivity index (χ0n) is 19.0. The van der Waals surface area contributed by atoms with Crippen molar-refractivity contribution in [1.29, 1.82) is 0 Å². The van der Waals surface area contributed by atoms with Gasteiger partial charge in [0.2, 0.25) is 0 Å². The number of benzene rings is 5. The van der Waals surface area contributed by atoms with Gasteiger partial charge in [-0.05, 0) is 62.4 Å². The van der Waals surface area contributed by atoms with E-state index in [0.717, 1.165) is 0 Å². The van der Waals surface area contributed by atoms with Gasteiger partial charge < -0.3 is 0 Å². The highest BCUT2D eigenvalue weighted by atomic mass is 14.1. The van der Waals surface area contributed by atoms with Crippen molar-refractivity contribution in [3.05, 3.63) is 155 Å². The van der Waals surface area contributed by atoms with Gasteiger partial charge in [0.25, 0.3) is 0 Å². The van der Waals surface area contributed by atoms with Crippen LogP contribution in [-0.2, 0) is 0 Å². The van der Waals surface area contributed by atoms with Gasteiger partial charge in [-0.15, -0.1) is 0 Å². The molecule has 0 unspecified atom stereocenters. The minimum absolute atomic E-state index is 1.19. The van der Waals surface area contributed by atoms with E-state index in [1.54, 1.807) is 0 Å². The van der Waals surface area contributed by atoms with Gasteiger partial charge in [0.1, 0.15) is 0 Å². The molecule has 0 heterocycles. The summed E-state index contributed by atoms with van der Waals surface area (Å²) >= 11 is 0. The Morgan fingerprint density at radius 3 is 1.21 bits per heavy atom. The van der Waals surface area contributed by atoms with Crippen molar-refractivity contribution < 1.29 is 0 Å². The average molecular weight is 435 g/mol. The molecular formula is C34H26. The van der Waals surface area contributed by atoms with Crippen LogP contribution in [0.1, 0.15) is 33.4 Å².